The van der Waals surface area contributed by atoms with E-state index in [1.54, 1.807) is 24.5 Å². The first-order valence-electron chi connectivity index (χ1n) is 11.4. The third-order valence-electron chi connectivity index (χ3n) is 6.27. The van der Waals surface area contributed by atoms with Gasteiger partial charge in [-0.1, -0.05) is 37.3 Å². The molecule has 8 heteroatoms. The number of hydrogen-bond acceptors (Lipinski definition) is 5. The lowest BCUT2D eigenvalue weighted by molar-refractivity contribution is 0.211. The molecule has 4 aromatic rings. The number of H-pyrrole nitrogens is 1. The Kier molecular flexibility index (Phi) is 7.55. The topological polar surface area (TPSA) is 60.9 Å². The quantitative estimate of drug-likeness (QED) is 0.427. The van der Waals surface area contributed by atoms with Crippen LogP contribution in [0.25, 0.3) is 11.3 Å². The van der Waals surface area contributed by atoms with Crippen LogP contribution in [0.2, 0.25) is 0 Å². The SMILES string of the molecule is CCc1n[nH]cc1C(c1ccccc1)N1CCN(c2nccnc2-c2ccc(F)cc2)CC1.Cl. The van der Waals surface area contributed by atoms with E-state index in [1.165, 1.54) is 23.3 Å². The molecule has 3 heterocycles. The summed E-state index contributed by atoms with van der Waals surface area (Å²) < 4.78 is 13.4. The summed E-state index contributed by atoms with van der Waals surface area (Å²) in [5, 5.41) is 7.55. The average Bonchev–Trinajstić information content (AvgIpc) is 3.34. The molecular weight excluding hydrogens is 451 g/mol. The van der Waals surface area contributed by atoms with Crippen molar-refractivity contribution in [3.05, 3.63) is 95.8 Å². The zero-order chi connectivity index (χ0) is 22.6. The number of hydrogen-bond donors (Lipinski definition) is 1. The molecule has 176 valence electrons. The third kappa shape index (κ3) is 4.81. The Morgan fingerprint density at radius 2 is 1.65 bits per heavy atom. The number of rotatable bonds is 6. The zero-order valence-corrected chi connectivity index (χ0v) is 19.9. The molecule has 1 N–H and O–H groups in total. The number of aromatic nitrogens is 4. The number of halogens is 2. The fourth-order valence-corrected chi connectivity index (χ4v) is 4.64. The molecule has 2 aromatic heterocycles. The highest BCUT2D eigenvalue weighted by atomic mass is 35.5. The first kappa shape index (κ1) is 23.9. The number of aryl methyl sites for hydroxylation is 1. The maximum Gasteiger partial charge on any atom is 0.155 e. The minimum absolute atomic E-state index is 0. The molecule has 0 radical (unpaired) electrons. The molecule has 1 saturated heterocycles. The Morgan fingerprint density at radius 1 is 0.941 bits per heavy atom. The van der Waals surface area contributed by atoms with E-state index in [4.69, 9.17) is 0 Å². The first-order chi connectivity index (χ1) is 16.2. The van der Waals surface area contributed by atoms with Crippen LogP contribution in [-0.2, 0) is 6.42 Å². The predicted molar refractivity (Wildman–Crippen MR) is 135 cm³/mol. The fraction of sp³-hybridized carbons (Fsp3) is 0.269. The van der Waals surface area contributed by atoms with Crippen molar-refractivity contribution in [1.82, 2.24) is 25.1 Å². The van der Waals surface area contributed by atoms with Crippen LogP contribution in [0.1, 0.15) is 29.8 Å². The van der Waals surface area contributed by atoms with Gasteiger partial charge in [0.25, 0.3) is 0 Å². The highest BCUT2D eigenvalue weighted by Gasteiger charge is 2.30. The molecule has 1 aliphatic rings. The van der Waals surface area contributed by atoms with E-state index >= 15 is 0 Å². The van der Waals surface area contributed by atoms with Crippen LogP contribution in [0.15, 0.2) is 73.2 Å². The lowest BCUT2D eigenvalue weighted by atomic mass is 9.96. The van der Waals surface area contributed by atoms with Crippen molar-refractivity contribution in [2.75, 3.05) is 31.1 Å². The molecule has 0 spiro atoms. The predicted octanol–water partition coefficient (Wildman–Crippen LogP) is 4.90. The van der Waals surface area contributed by atoms with Gasteiger partial charge < -0.3 is 4.90 Å². The molecule has 0 aliphatic carbocycles. The summed E-state index contributed by atoms with van der Waals surface area (Å²) in [7, 11) is 0. The van der Waals surface area contributed by atoms with Crippen LogP contribution >= 0.6 is 12.4 Å². The van der Waals surface area contributed by atoms with Gasteiger partial charge in [0.15, 0.2) is 5.82 Å². The van der Waals surface area contributed by atoms with Crippen LogP contribution in [0.4, 0.5) is 10.2 Å². The average molecular weight is 479 g/mol. The summed E-state index contributed by atoms with van der Waals surface area (Å²) in [5.41, 5.74) is 5.28. The number of anilines is 1. The molecule has 34 heavy (non-hydrogen) atoms. The third-order valence-corrected chi connectivity index (χ3v) is 6.27. The minimum Gasteiger partial charge on any atom is -0.352 e. The second kappa shape index (κ2) is 10.8. The van der Waals surface area contributed by atoms with Crippen molar-refractivity contribution < 1.29 is 4.39 Å². The first-order valence-corrected chi connectivity index (χ1v) is 11.4. The van der Waals surface area contributed by atoms with E-state index in [2.05, 4.69) is 67.2 Å². The minimum atomic E-state index is -0.254. The van der Waals surface area contributed by atoms with Gasteiger partial charge >= 0.3 is 0 Å². The summed E-state index contributed by atoms with van der Waals surface area (Å²) in [5.74, 6) is 0.591. The highest BCUT2D eigenvalue weighted by molar-refractivity contribution is 5.85. The Labute approximate surface area is 205 Å². The van der Waals surface area contributed by atoms with Gasteiger partial charge in [0.05, 0.1) is 11.7 Å². The highest BCUT2D eigenvalue weighted by Crippen LogP contribution is 2.33. The zero-order valence-electron chi connectivity index (χ0n) is 19.1. The smallest absolute Gasteiger partial charge is 0.155 e. The van der Waals surface area contributed by atoms with E-state index in [1.807, 2.05) is 6.20 Å². The van der Waals surface area contributed by atoms with Crippen LogP contribution in [0, 0.1) is 5.82 Å². The molecule has 5 rings (SSSR count). The van der Waals surface area contributed by atoms with Gasteiger partial charge in [-0.3, -0.25) is 15.0 Å². The number of benzene rings is 2. The van der Waals surface area contributed by atoms with Crippen LogP contribution in [-0.4, -0.2) is 51.2 Å². The van der Waals surface area contributed by atoms with Gasteiger partial charge in [-0.15, -0.1) is 12.4 Å². The van der Waals surface area contributed by atoms with E-state index in [-0.39, 0.29) is 24.3 Å². The molecular formula is C26H28ClFN6. The molecule has 0 saturated carbocycles. The summed E-state index contributed by atoms with van der Waals surface area (Å²) >= 11 is 0. The second-order valence-electron chi connectivity index (χ2n) is 8.21. The monoisotopic (exact) mass is 478 g/mol. The number of nitrogens with zero attached hydrogens (tertiary/aromatic N) is 5. The molecule has 6 nitrogen and oxygen atoms in total. The number of piperazine rings is 1. The fourth-order valence-electron chi connectivity index (χ4n) is 4.64. The summed E-state index contributed by atoms with van der Waals surface area (Å²) in [6.45, 7) is 5.57. The van der Waals surface area contributed by atoms with Gasteiger partial charge in [0.2, 0.25) is 0 Å². The van der Waals surface area contributed by atoms with E-state index in [0.717, 1.165) is 55.4 Å². The lowest BCUT2D eigenvalue weighted by Gasteiger charge is -2.40. The van der Waals surface area contributed by atoms with Crippen molar-refractivity contribution in [2.24, 2.45) is 0 Å². The van der Waals surface area contributed by atoms with Gasteiger partial charge in [-0.05, 0) is 36.2 Å². The normalized spacial score (nSPS) is 15.1. The largest absolute Gasteiger partial charge is 0.352 e. The van der Waals surface area contributed by atoms with Gasteiger partial charge in [-0.2, -0.15) is 5.10 Å². The van der Waals surface area contributed by atoms with Gasteiger partial charge in [0, 0.05) is 55.9 Å². The summed E-state index contributed by atoms with van der Waals surface area (Å²) in [6, 6.07) is 17.2. The van der Waals surface area contributed by atoms with Crippen molar-refractivity contribution in [3.63, 3.8) is 0 Å². The Balaban J connectivity index is 0.00000274. The Morgan fingerprint density at radius 3 is 2.35 bits per heavy atom. The van der Waals surface area contributed by atoms with E-state index in [9.17, 15) is 4.39 Å². The Hall–Kier alpha value is -3.29. The molecule has 1 fully saturated rings. The second-order valence-corrected chi connectivity index (χ2v) is 8.21. The number of nitrogens with one attached hydrogen (secondary N) is 1. The summed E-state index contributed by atoms with van der Waals surface area (Å²) in [6.07, 6.45) is 6.34. The molecule has 0 bridgehead atoms. The Bertz CT molecular complexity index is 1190. The molecule has 1 unspecified atom stereocenters. The standard InChI is InChI=1S/C26H27FN6.ClH/c1-2-23-22(18-30-31-23)25(20-6-4-3-5-7-20)32-14-16-33(17-15-32)26-24(28-12-13-29-26)19-8-10-21(27)11-9-19;/h3-13,18,25H,2,14-17H2,1H3,(H,30,31);1H. The van der Waals surface area contributed by atoms with Crippen LogP contribution in [0.5, 0.6) is 0 Å². The maximum atomic E-state index is 13.4. The van der Waals surface area contributed by atoms with E-state index < -0.39 is 0 Å². The maximum absolute atomic E-state index is 13.4. The molecule has 1 atom stereocenters. The molecule has 1 aliphatic heterocycles. The molecule has 0 amide bonds. The van der Waals surface area contributed by atoms with Crippen LogP contribution in [0.3, 0.4) is 0 Å². The van der Waals surface area contributed by atoms with E-state index in [0.29, 0.717) is 0 Å². The van der Waals surface area contributed by atoms with Crippen molar-refractivity contribution >= 4 is 18.2 Å². The van der Waals surface area contributed by atoms with Crippen molar-refractivity contribution in [1.29, 1.82) is 0 Å². The van der Waals surface area contributed by atoms with Crippen molar-refractivity contribution in [2.45, 2.75) is 19.4 Å². The molecule has 2 aromatic carbocycles. The number of aromatic amines is 1. The summed E-state index contributed by atoms with van der Waals surface area (Å²) in [4.78, 5) is 14.0. The van der Waals surface area contributed by atoms with Gasteiger partial charge in [-0.25, -0.2) is 9.37 Å². The lowest BCUT2D eigenvalue weighted by Crippen LogP contribution is -2.48. The van der Waals surface area contributed by atoms with Crippen molar-refractivity contribution in [3.8, 4) is 11.3 Å². The van der Waals surface area contributed by atoms with Gasteiger partial charge in [0.1, 0.15) is 11.5 Å². The van der Waals surface area contributed by atoms with Crippen LogP contribution < -0.4 is 4.90 Å².